The first-order valence-corrected chi connectivity index (χ1v) is 7.12. The van der Waals surface area contributed by atoms with E-state index in [2.05, 4.69) is 16.3 Å². The molecule has 0 aromatic rings. The predicted octanol–water partition coefficient (Wildman–Crippen LogP) is 0.856. The van der Waals surface area contributed by atoms with Crippen molar-refractivity contribution in [1.29, 1.82) is 5.26 Å². The molecular weight excluding hydrogens is 240 g/mol. The third-order valence-electron chi connectivity index (χ3n) is 4.11. The molecule has 108 valence electrons. The van der Waals surface area contributed by atoms with Crippen LogP contribution in [0.25, 0.3) is 0 Å². The molecule has 5 heteroatoms. The molecule has 1 heterocycles. The van der Waals surface area contributed by atoms with Gasteiger partial charge in [-0.1, -0.05) is 0 Å². The maximum Gasteiger partial charge on any atom is 0.221 e. The van der Waals surface area contributed by atoms with Gasteiger partial charge in [0.15, 0.2) is 0 Å². The van der Waals surface area contributed by atoms with E-state index in [1.807, 2.05) is 14.0 Å². The highest BCUT2D eigenvalue weighted by atomic mass is 16.1. The summed E-state index contributed by atoms with van der Waals surface area (Å²) in [5, 5.41) is 12.1. The molecule has 0 saturated carbocycles. The van der Waals surface area contributed by atoms with E-state index in [4.69, 9.17) is 11.0 Å². The molecular formula is C14H26N4O. The molecule has 2 atom stereocenters. The van der Waals surface area contributed by atoms with E-state index in [1.54, 1.807) is 0 Å². The number of nitriles is 1. The van der Waals surface area contributed by atoms with Crippen LogP contribution in [-0.2, 0) is 4.79 Å². The Morgan fingerprint density at radius 1 is 1.58 bits per heavy atom. The minimum Gasteiger partial charge on any atom is -0.369 e. The van der Waals surface area contributed by atoms with E-state index in [0.717, 1.165) is 51.7 Å². The molecule has 5 nitrogen and oxygen atoms in total. The number of nitrogens with two attached hydrogens (primary N) is 1. The SMILES string of the molecule is CNC(C)(C#N)CCCCN1CCCC(C(N)=O)C1. The van der Waals surface area contributed by atoms with Crippen molar-refractivity contribution in [2.45, 2.75) is 44.6 Å². The topological polar surface area (TPSA) is 82.2 Å². The minimum absolute atomic E-state index is 0.0235. The standard InChI is InChI=1S/C14H26N4O/c1-14(11-15,17-2)7-3-4-8-18-9-5-6-12(10-18)13(16)19/h12,17H,3-10H2,1-2H3,(H2,16,19). The lowest BCUT2D eigenvalue weighted by Gasteiger charge is -2.31. The molecule has 1 fully saturated rings. The van der Waals surface area contributed by atoms with Crippen molar-refractivity contribution in [3.63, 3.8) is 0 Å². The molecule has 1 aliphatic rings. The van der Waals surface area contributed by atoms with Gasteiger partial charge in [0.1, 0.15) is 5.54 Å². The molecule has 1 aliphatic heterocycles. The Morgan fingerprint density at radius 2 is 2.32 bits per heavy atom. The number of hydrogen-bond donors (Lipinski definition) is 2. The van der Waals surface area contributed by atoms with Crippen LogP contribution < -0.4 is 11.1 Å². The number of unbranched alkanes of at least 4 members (excludes halogenated alkanes) is 1. The van der Waals surface area contributed by atoms with Gasteiger partial charge in [-0.3, -0.25) is 4.79 Å². The van der Waals surface area contributed by atoms with Gasteiger partial charge in [-0.15, -0.1) is 0 Å². The molecule has 0 bridgehead atoms. The first kappa shape index (κ1) is 15.9. The molecule has 0 aromatic heterocycles. The van der Waals surface area contributed by atoms with Crippen LogP contribution in [0.2, 0.25) is 0 Å². The number of likely N-dealkylation sites (tertiary alicyclic amines) is 1. The van der Waals surface area contributed by atoms with E-state index in [-0.39, 0.29) is 11.8 Å². The molecule has 1 rings (SSSR count). The van der Waals surface area contributed by atoms with Gasteiger partial charge in [0.25, 0.3) is 0 Å². The summed E-state index contributed by atoms with van der Waals surface area (Å²) in [7, 11) is 1.82. The van der Waals surface area contributed by atoms with Crippen LogP contribution in [0.3, 0.4) is 0 Å². The normalized spacial score (nSPS) is 23.5. The van der Waals surface area contributed by atoms with Crippen molar-refractivity contribution in [2.75, 3.05) is 26.7 Å². The Kier molecular flexibility index (Phi) is 6.26. The number of carbonyl (C=O) groups excluding carboxylic acids is 1. The van der Waals surface area contributed by atoms with Crippen molar-refractivity contribution < 1.29 is 4.79 Å². The van der Waals surface area contributed by atoms with Crippen LogP contribution in [0.5, 0.6) is 0 Å². The summed E-state index contributed by atoms with van der Waals surface area (Å²) in [6.07, 6.45) is 4.91. The van der Waals surface area contributed by atoms with Gasteiger partial charge in [-0.2, -0.15) is 5.26 Å². The van der Waals surface area contributed by atoms with Crippen LogP contribution >= 0.6 is 0 Å². The van der Waals surface area contributed by atoms with Crippen molar-refractivity contribution in [3.8, 4) is 6.07 Å². The number of nitrogens with zero attached hydrogens (tertiary/aromatic N) is 2. The molecule has 1 saturated heterocycles. The highest BCUT2D eigenvalue weighted by Crippen LogP contribution is 2.17. The average Bonchev–Trinajstić information content (AvgIpc) is 2.43. The van der Waals surface area contributed by atoms with E-state index in [0.29, 0.717) is 0 Å². The molecule has 2 unspecified atom stereocenters. The van der Waals surface area contributed by atoms with Crippen molar-refractivity contribution in [3.05, 3.63) is 0 Å². The van der Waals surface area contributed by atoms with Gasteiger partial charge in [0.05, 0.1) is 12.0 Å². The number of amides is 1. The van der Waals surface area contributed by atoms with Crippen LogP contribution in [0.15, 0.2) is 0 Å². The zero-order valence-electron chi connectivity index (χ0n) is 12.1. The first-order chi connectivity index (χ1) is 9.00. The van der Waals surface area contributed by atoms with Gasteiger partial charge in [0.2, 0.25) is 5.91 Å². The Morgan fingerprint density at radius 3 is 2.89 bits per heavy atom. The predicted molar refractivity (Wildman–Crippen MR) is 75.3 cm³/mol. The number of primary amides is 1. The van der Waals surface area contributed by atoms with Crippen molar-refractivity contribution >= 4 is 5.91 Å². The second-order valence-corrected chi connectivity index (χ2v) is 5.69. The Bertz CT molecular complexity index is 339. The number of piperidine rings is 1. The highest BCUT2D eigenvalue weighted by molar-refractivity contribution is 5.76. The Labute approximate surface area is 116 Å². The summed E-state index contributed by atoms with van der Waals surface area (Å²) in [5.41, 5.74) is 4.95. The number of rotatable bonds is 7. The fourth-order valence-corrected chi connectivity index (χ4v) is 2.54. The largest absolute Gasteiger partial charge is 0.369 e. The maximum absolute atomic E-state index is 11.2. The molecule has 0 aliphatic carbocycles. The summed E-state index contributed by atoms with van der Waals surface area (Å²) in [6.45, 7) is 4.79. The van der Waals surface area contributed by atoms with E-state index < -0.39 is 5.54 Å². The monoisotopic (exact) mass is 266 g/mol. The number of carbonyl (C=O) groups is 1. The fourth-order valence-electron chi connectivity index (χ4n) is 2.54. The quantitative estimate of drug-likeness (QED) is 0.669. The summed E-state index contributed by atoms with van der Waals surface area (Å²) in [4.78, 5) is 13.5. The van der Waals surface area contributed by atoms with Crippen LogP contribution in [0.1, 0.15) is 39.0 Å². The lowest BCUT2D eigenvalue weighted by atomic mass is 9.95. The zero-order chi connectivity index (χ0) is 14.3. The van der Waals surface area contributed by atoms with Crippen LogP contribution in [0, 0.1) is 17.2 Å². The first-order valence-electron chi connectivity index (χ1n) is 7.12. The summed E-state index contributed by atoms with van der Waals surface area (Å²) in [6, 6.07) is 2.30. The maximum atomic E-state index is 11.2. The Hall–Kier alpha value is -1.12. The zero-order valence-corrected chi connectivity index (χ0v) is 12.1. The molecule has 19 heavy (non-hydrogen) atoms. The van der Waals surface area contributed by atoms with Gasteiger partial charge >= 0.3 is 0 Å². The van der Waals surface area contributed by atoms with Gasteiger partial charge in [-0.25, -0.2) is 0 Å². The van der Waals surface area contributed by atoms with Crippen LogP contribution in [-0.4, -0.2) is 43.0 Å². The smallest absolute Gasteiger partial charge is 0.221 e. The lowest BCUT2D eigenvalue weighted by Crippen LogP contribution is -2.41. The molecule has 3 N–H and O–H groups in total. The van der Waals surface area contributed by atoms with E-state index in [9.17, 15) is 4.79 Å². The molecule has 0 aromatic carbocycles. The highest BCUT2D eigenvalue weighted by Gasteiger charge is 2.24. The second-order valence-electron chi connectivity index (χ2n) is 5.69. The third-order valence-corrected chi connectivity index (χ3v) is 4.11. The fraction of sp³-hybridized carbons (Fsp3) is 0.857. The number of hydrogen-bond acceptors (Lipinski definition) is 4. The van der Waals surface area contributed by atoms with E-state index >= 15 is 0 Å². The third kappa shape index (κ3) is 5.17. The van der Waals surface area contributed by atoms with Crippen LogP contribution in [0.4, 0.5) is 0 Å². The van der Waals surface area contributed by atoms with Gasteiger partial charge in [-0.05, 0) is 59.2 Å². The molecule has 0 radical (unpaired) electrons. The summed E-state index contributed by atoms with van der Waals surface area (Å²) < 4.78 is 0. The lowest BCUT2D eigenvalue weighted by molar-refractivity contribution is -0.123. The van der Waals surface area contributed by atoms with Gasteiger partial charge < -0.3 is 16.0 Å². The second kappa shape index (κ2) is 7.46. The van der Waals surface area contributed by atoms with Crippen molar-refractivity contribution in [1.82, 2.24) is 10.2 Å². The van der Waals surface area contributed by atoms with Gasteiger partial charge in [0, 0.05) is 6.54 Å². The molecule has 0 spiro atoms. The van der Waals surface area contributed by atoms with E-state index in [1.165, 1.54) is 0 Å². The van der Waals surface area contributed by atoms with Crippen molar-refractivity contribution in [2.24, 2.45) is 11.7 Å². The number of nitrogens with one attached hydrogen (secondary N) is 1. The Balaban J connectivity index is 2.23. The molecule has 1 amide bonds. The summed E-state index contributed by atoms with van der Waals surface area (Å²) in [5.74, 6) is -0.146. The minimum atomic E-state index is -0.419. The summed E-state index contributed by atoms with van der Waals surface area (Å²) >= 11 is 0. The average molecular weight is 266 g/mol.